The second-order valence-electron chi connectivity index (χ2n) is 7.24. The molecule has 1 fully saturated rings. The first-order valence-electron chi connectivity index (χ1n) is 10.4. The van der Waals surface area contributed by atoms with Crippen LogP contribution in [-0.4, -0.2) is 34.0 Å². The van der Waals surface area contributed by atoms with Gasteiger partial charge in [-0.15, -0.1) is 0 Å². The standard InChI is InChI=1S/C23H26N2O5S/c1-3-5-21(26)30-20(18-11-8-15(4-2)13-24-18)14-29-17-9-6-16(7-10-17)12-19-22(27)31-23(28)25-19/h6-11,13,19-20H,3-5,12,14H2,1-2H3,(H,25,28). The summed E-state index contributed by atoms with van der Waals surface area (Å²) < 4.78 is 11.5. The number of esters is 1. The van der Waals surface area contributed by atoms with Gasteiger partial charge in [0.2, 0.25) is 5.12 Å². The average molecular weight is 443 g/mol. The third kappa shape index (κ3) is 6.55. The lowest BCUT2D eigenvalue weighted by Gasteiger charge is -2.18. The van der Waals surface area contributed by atoms with Gasteiger partial charge in [-0.3, -0.25) is 19.4 Å². The molecule has 0 bridgehead atoms. The van der Waals surface area contributed by atoms with E-state index in [1.807, 2.05) is 31.2 Å². The molecule has 0 radical (unpaired) electrons. The predicted molar refractivity (Wildman–Crippen MR) is 118 cm³/mol. The summed E-state index contributed by atoms with van der Waals surface area (Å²) in [5.74, 6) is 0.329. The Morgan fingerprint density at radius 2 is 1.87 bits per heavy atom. The summed E-state index contributed by atoms with van der Waals surface area (Å²) >= 11 is 0.710. The summed E-state index contributed by atoms with van der Waals surface area (Å²) in [6, 6.07) is 10.6. The molecule has 8 heteroatoms. The summed E-state index contributed by atoms with van der Waals surface area (Å²) in [7, 11) is 0. The maximum atomic E-state index is 12.1. The van der Waals surface area contributed by atoms with Crippen molar-refractivity contribution in [3.63, 3.8) is 0 Å². The second-order valence-corrected chi connectivity index (χ2v) is 8.22. The third-order valence-electron chi connectivity index (χ3n) is 4.85. The number of amides is 1. The zero-order chi connectivity index (χ0) is 22.2. The SMILES string of the molecule is CCCC(=O)OC(COc1ccc(CC2NC(=O)SC2=O)cc1)c1ccc(CC)cn1. The smallest absolute Gasteiger partial charge is 0.306 e. The number of aromatic nitrogens is 1. The van der Waals surface area contributed by atoms with Crippen LogP contribution in [0, 0.1) is 0 Å². The van der Waals surface area contributed by atoms with Gasteiger partial charge in [0.25, 0.3) is 5.24 Å². The lowest BCUT2D eigenvalue weighted by molar-refractivity contribution is -0.151. The Hall–Kier alpha value is -2.87. The van der Waals surface area contributed by atoms with Gasteiger partial charge in [0.1, 0.15) is 18.4 Å². The van der Waals surface area contributed by atoms with E-state index in [0.29, 0.717) is 42.5 Å². The van der Waals surface area contributed by atoms with Gasteiger partial charge in [-0.05, 0) is 42.2 Å². The fourth-order valence-electron chi connectivity index (χ4n) is 3.09. The van der Waals surface area contributed by atoms with Crippen LogP contribution >= 0.6 is 11.8 Å². The number of aryl methyl sites for hydroxylation is 1. The topological polar surface area (TPSA) is 94.6 Å². The van der Waals surface area contributed by atoms with E-state index in [-0.39, 0.29) is 22.9 Å². The number of ether oxygens (including phenoxy) is 2. The number of carbonyl (C=O) groups is 3. The number of hydrogen-bond acceptors (Lipinski definition) is 7. The first-order valence-corrected chi connectivity index (χ1v) is 11.2. The number of pyridine rings is 1. The van der Waals surface area contributed by atoms with Crippen molar-refractivity contribution < 1.29 is 23.9 Å². The van der Waals surface area contributed by atoms with Crippen molar-refractivity contribution in [3.8, 4) is 5.75 Å². The highest BCUT2D eigenvalue weighted by Crippen LogP contribution is 2.22. The second kappa shape index (κ2) is 10.9. The van der Waals surface area contributed by atoms with Crippen molar-refractivity contribution in [3.05, 3.63) is 59.4 Å². The van der Waals surface area contributed by atoms with Crippen LogP contribution in [-0.2, 0) is 27.2 Å². The van der Waals surface area contributed by atoms with Crippen molar-refractivity contribution in [2.75, 3.05) is 6.61 Å². The third-order valence-corrected chi connectivity index (χ3v) is 5.64. The largest absolute Gasteiger partial charge is 0.489 e. The summed E-state index contributed by atoms with van der Waals surface area (Å²) in [6.45, 7) is 4.12. The first-order chi connectivity index (χ1) is 15.0. The molecule has 1 aromatic heterocycles. The molecule has 31 heavy (non-hydrogen) atoms. The van der Waals surface area contributed by atoms with E-state index < -0.39 is 12.1 Å². The van der Waals surface area contributed by atoms with Crippen molar-refractivity contribution in [2.24, 2.45) is 0 Å². The summed E-state index contributed by atoms with van der Waals surface area (Å²) in [6.07, 6.45) is 3.54. The van der Waals surface area contributed by atoms with Crippen molar-refractivity contribution in [2.45, 2.75) is 51.7 Å². The quantitative estimate of drug-likeness (QED) is 0.556. The number of rotatable bonds is 10. The normalized spacial score (nSPS) is 16.6. The molecule has 0 aliphatic carbocycles. The number of carbonyl (C=O) groups excluding carboxylic acids is 3. The van der Waals surface area contributed by atoms with Crippen LogP contribution in [0.5, 0.6) is 5.75 Å². The van der Waals surface area contributed by atoms with E-state index in [1.54, 1.807) is 18.3 Å². The highest BCUT2D eigenvalue weighted by Gasteiger charge is 2.31. The fraction of sp³-hybridized carbons (Fsp3) is 0.391. The minimum Gasteiger partial charge on any atom is -0.489 e. The van der Waals surface area contributed by atoms with E-state index >= 15 is 0 Å². The van der Waals surface area contributed by atoms with Crippen LogP contribution < -0.4 is 10.1 Å². The highest BCUT2D eigenvalue weighted by molar-refractivity contribution is 8.26. The molecule has 1 aliphatic rings. The fourth-order valence-corrected chi connectivity index (χ4v) is 3.76. The van der Waals surface area contributed by atoms with E-state index in [0.717, 1.165) is 17.5 Å². The van der Waals surface area contributed by atoms with Crippen LogP contribution in [0.1, 0.15) is 49.6 Å². The molecule has 1 saturated heterocycles. The van der Waals surface area contributed by atoms with Gasteiger partial charge >= 0.3 is 5.97 Å². The molecule has 0 saturated carbocycles. The Bertz CT molecular complexity index is 915. The van der Waals surface area contributed by atoms with Crippen LogP contribution in [0.4, 0.5) is 4.79 Å². The van der Waals surface area contributed by atoms with E-state index in [2.05, 4.69) is 17.2 Å². The Morgan fingerprint density at radius 3 is 2.45 bits per heavy atom. The molecule has 1 aliphatic heterocycles. The highest BCUT2D eigenvalue weighted by atomic mass is 32.2. The number of thioether (sulfide) groups is 1. The van der Waals surface area contributed by atoms with Gasteiger partial charge in [0.05, 0.1) is 5.69 Å². The lowest BCUT2D eigenvalue weighted by atomic mass is 10.1. The Kier molecular flexibility index (Phi) is 8.06. The van der Waals surface area contributed by atoms with Crippen LogP contribution in [0.15, 0.2) is 42.6 Å². The number of hydrogen-bond donors (Lipinski definition) is 1. The molecular weight excluding hydrogens is 416 g/mol. The molecule has 2 atom stereocenters. The predicted octanol–water partition coefficient (Wildman–Crippen LogP) is 4.00. The molecule has 1 aromatic carbocycles. The minimum absolute atomic E-state index is 0.140. The molecule has 2 aromatic rings. The Balaban J connectivity index is 1.62. The molecule has 1 amide bonds. The monoisotopic (exact) mass is 442 g/mol. The number of benzene rings is 1. The molecule has 164 valence electrons. The number of nitrogens with one attached hydrogen (secondary N) is 1. The van der Waals surface area contributed by atoms with E-state index in [9.17, 15) is 14.4 Å². The van der Waals surface area contributed by atoms with Crippen LogP contribution in [0.25, 0.3) is 0 Å². The maximum absolute atomic E-state index is 12.1. The Labute approximate surface area is 185 Å². The number of nitrogens with zero attached hydrogens (tertiary/aromatic N) is 1. The zero-order valence-corrected chi connectivity index (χ0v) is 18.4. The van der Waals surface area contributed by atoms with Gasteiger partial charge in [-0.25, -0.2) is 0 Å². The maximum Gasteiger partial charge on any atom is 0.306 e. The average Bonchev–Trinajstić information content (AvgIpc) is 3.09. The van der Waals surface area contributed by atoms with Gasteiger partial charge in [0, 0.05) is 30.8 Å². The molecule has 7 nitrogen and oxygen atoms in total. The zero-order valence-electron chi connectivity index (χ0n) is 17.6. The van der Waals surface area contributed by atoms with E-state index in [1.165, 1.54) is 0 Å². The van der Waals surface area contributed by atoms with Crippen LogP contribution in [0.3, 0.4) is 0 Å². The van der Waals surface area contributed by atoms with Crippen molar-refractivity contribution in [1.29, 1.82) is 0 Å². The lowest BCUT2D eigenvalue weighted by Crippen LogP contribution is -2.30. The van der Waals surface area contributed by atoms with Crippen molar-refractivity contribution in [1.82, 2.24) is 10.3 Å². The van der Waals surface area contributed by atoms with Crippen molar-refractivity contribution >= 4 is 28.1 Å². The summed E-state index contributed by atoms with van der Waals surface area (Å²) in [4.78, 5) is 39.5. The molecular formula is C23H26N2O5S. The van der Waals surface area contributed by atoms with Gasteiger partial charge in [-0.1, -0.05) is 32.0 Å². The van der Waals surface area contributed by atoms with Crippen LogP contribution in [0.2, 0.25) is 0 Å². The molecule has 2 unspecified atom stereocenters. The van der Waals surface area contributed by atoms with Gasteiger partial charge < -0.3 is 14.8 Å². The minimum atomic E-state index is -0.604. The summed E-state index contributed by atoms with van der Waals surface area (Å²) in [5, 5.41) is 2.18. The van der Waals surface area contributed by atoms with Gasteiger partial charge in [-0.2, -0.15) is 0 Å². The first kappa shape index (κ1) is 22.8. The summed E-state index contributed by atoms with van der Waals surface area (Å²) in [5.41, 5.74) is 2.66. The molecule has 3 rings (SSSR count). The molecule has 1 N–H and O–H groups in total. The molecule has 2 heterocycles. The van der Waals surface area contributed by atoms with E-state index in [4.69, 9.17) is 9.47 Å². The Morgan fingerprint density at radius 1 is 1.13 bits per heavy atom. The van der Waals surface area contributed by atoms with Gasteiger partial charge in [0.15, 0.2) is 6.10 Å². The molecule has 0 spiro atoms.